The molecule has 2 nitrogen and oxygen atoms in total. The van der Waals surface area contributed by atoms with E-state index >= 15 is 0 Å². The summed E-state index contributed by atoms with van der Waals surface area (Å²) in [5.74, 6) is 0.365. The van der Waals surface area contributed by atoms with Gasteiger partial charge in [-0.3, -0.25) is 9.69 Å². The van der Waals surface area contributed by atoms with Crippen LogP contribution in [0, 0.1) is 5.41 Å². The van der Waals surface area contributed by atoms with Crippen molar-refractivity contribution in [3.63, 3.8) is 0 Å². The molecule has 0 spiro atoms. The minimum Gasteiger partial charge on any atom is -0.297 e. The van der Waals surface area contributed by atoms with Crippen LogP contribution in [0.1, 0.15) is 56.7 Å². The van der Waals surface area contributed by atoms with Gasteiger partial charge < -0.3 is 0 Å². The molecule has 2 rings (SSSR count). The minimum absolute atomic E-state index is 0.00542. The molecule has 2 heterocycles. The standard InChI is InChI=1S/C20H29NOS2/c1-5-6-11-18(19(22)20(2,3)4)21(14-16-9-7-12-23-16)15-17-10-8-13-24-17/h7-10,12-13,18H,5-6,11,14-15H2,1-4H3. The van der Waals surface area contributed by atoms with E-state index in [1.54, 1.807) is 22.7 Å². The maximum absolute atomic E-state index is 13.1. The summed E-state index contributed by atoms with van der Waals surface area (Å²) in [5.41, 5.74) is -0.304. The summed E-state index contributed by atoms with van der Waals surface area (Å²) in [7, 11) is 0. The second-order valence-corrected chi connectivity index (χ2v) is 9.40. The molecule has 0 N–H and O–H groups in total. The van der Waals surface area contributed by atoms with Gasteiger partial charge in [-0.25, -0.2) is 0 Å². The Labute approximate surface area is 154 Å². The highest BCUT2D eigenvalue weighted by molar-refractivity contribution is 7.10. The summed E-state index contributed by atoms with van der Waals surface area (Å²) in [6.07, 6.45) is 3.17. The van der Waals surface area contributed by atoms with Gasteiger partial charge in [0.25, 0.3) is 0 Å². The lowest BCUT2D eigenvalue weighted by Gasteiger charge is -2.34. The van der Waals surface area contributed by atoms with Crippen molar-refractivity contribution in [3.05, 3.63) is 44.8 Å². The van der Waals surface area contributed by atoms with E-state index < -0.39 is 0 Å². The smallest absolute Gasteiger partial charge is 0.155 e. The van der Waals surface area contributed by atoms with Gasteiger partial charge >= 0.3 is 0 Å². The Balaban J connectivity index is 2.25. The van der Waals surface area contributed by atoms with Crippen LogP contribution in [0.3, 0.4) is 0 Å². The Bertz CT molecular complexity index is 560. The molecule has 0 saturated heterocycles. The highest BCUT2D eigenvalue weighted by atomic mass is 32.1. The average Bonchev–Trinajstić information content (AvgIpc) is 3.20. The van der Waals surface area contributed by atoms with E-state index in [-0.39, 0.29) is 11.5 Å². The van der Waals surface area contributed by atoms with Crippen LogP contribution in [0.2, 0.25) is 0 Å². The molecule has 0 saturated carbocycles. The van der Waals surface area contributed by atoms with E-state index in [0.29, 0.717) is 5.78 Å². The summed E-state index contributed by atoms with van der Waals surface area (Å²) in [6, 6.07) is 8.52. The molecule has 0 radical (unpaired) electrons. The van der Waals surface area contributed by atoms with Gasteiger partial charge in [-0.15, -0.1) is 22.7 Å². The van der Waals surface area contributed by atoms with Crippen molar-refractivity contribution in [2.24, 2.45) is 5.41 Å². The summed E-state index contributed by atoms with van der Waals surface area (Å²) >= 11 is 3.55. The molecule has 0 aliphatic rings. The first-order valence-electron chi connectivity index (χ1n) is 8.75. The molecule has 1 atom stereocenters. The molecule has 4 heteroatoms. The molecule has 0 fully saturated rings. The molecule has 1 unspecified atom stereocenters. The van der Waals surface area contributed by atoms with Gasteiger partial charge in [-0.1, -0.05) is 52.7 Å². The van der Waals surface area contributed by atoms with E-state index in [2.05, 4.69) is 46.8 Å². The molecule has 0 aliphatic heterocycles. The van der Waals surface area contributed by atoms with E-state index in [9.17, 15) is 4.79 Å². The average molecular weight is 364 g/mol. The molecule has 0 amide bonds. The zero-order valence-corrected chi connectivity index (χ0v) is 16.9. The third-order valence-electron chi connectivity index (χ3n) is 4.19. The molecular formula is C20H29NOS2. The Morgan fingerprint density at radius 1 is 1.08 bits per heavy atom. The number of nitrogens with zero attached hydrogens (tertiary/aromatic N) is 1. The summed E-state index contributed by atoms with van der Waals surface area (Å²) in [5, 5.41) is 4.23. The van der Waals surface area contributed by atoms with Crippen LogP contribution in [0.25, 0.3) is 0 Å². The maximum Gasteiger partial charge on any atom is 0.155 e. The summed E-state index contributed by atoms with van der Waals surface area (Å²) < 4.78 is 0. The number of carbonyl (C=O) groups excluding carboxylic acids is 1. The van der Waals surface area contributed by atoms with E-state index in [4.69, 9.17) is 0 Å². The Morgan fingerprint density at radius 2 is 1.62 bits per heavy atom. The predicted octanol–water partition coefficient (Wildman–Crippen LogP) is 5.99. The van der Waals surface area contributed by atoms with E-state index in [1.807, 2.05) is 20.8 Å². The second kappa shape index (κ2) is 8.93. The number of rotatable bonds is 9. The van der Waals surface area contributed by atoms with Crippen LogP contribution in [0.4, 0.5) is 0 Å². The van der Waals surface area contributed by atoms with Gasteiger partial charge in [-0.05, 0) is 29.3 Å². The highest BCUT2D eigenvalue weighted by Gasteiger charge is 2.33. The van der Waals surface area contributed by atoms with Crippen molar-refractivity contribution in [2.45, 2.75) is 66.1 Å². The fourth-order valence-electron chi connectivity index (χ4n) is 2.86. The van der Waals surface area contributed by atoms with Crippen molar-refractivity contribution in [1.82, 2.24) is 4.90 Å². The van der Waals surface area contributed by atoms with Gasteiger partial charge in [0.1, 0.15) is 0 Å². The molecule has 24 heavy (non-hydrogen) atoms. The zero-order valence-electron chi connectivity index (χ0n) is 15.2. The zero-order chi connectivity index (χ0) is 17.6. The number of Topliss-reactive ketones (excluding diaryl/α,β-unsaturated/α-hetero) is 1. The third kappa shape index (κ3) is 5.54. The van der Waals surface area contributed by atoms with E-state index in [0.717, 1.165) is 32.4 Å². The first kappa shape index (κ1) is 19.4. The lowest BCUT2D eigenvalue weighted by atomic mass is 9.84. The first-order valence-corrected chi connectivity index (χ1v) is 10.5. The van der Waals surface area contributed by atoms with Crippen molar-refractivity contribution < 1.29 is 4.79 Å². The van der Waals surface area contributed by atoms with Crippen molar-refractivity contribution in [1.29, 1.82) is 0 Å². The molecule has 132 valence electrons. The number of hydrogen-bond acceptors (Lipinski definition) is 4. The van der Waals surface area contributed by atoms with Crippen LogP contribution >= 0.6 is 22.7 Å². The normalized spacial score (nSPS) is 13.4. The first-order chi connectivity index (χ1) is 11.4. The van der Waals surface area contributed by atoms with Crippen molar-refractivity contribution >= 4 is 28.5 Å². The van der Waals surface area contributed by atoms with Gasteiger partial charge in [-0.2, -0.15) is 0 Å². The number of carbonyl (C=O) groups is 1. The number of ketones is 1. The minimum atomic E-state index is -0.304. The van der Waals surface area contributed by atoms with Gasteiger partial charge in [0.2, 0.25) is 0 Å². The monoisotopic (exact) mass is 363 g/mol. The Kier molecular flexibility index (Phi) is 7.20. The molecule has 0 aromatic carbocycles. The molecule has 0 aliphatic carbocycles. The third-order valence-corrected chi connectivity index (χ3v) is 5.91. The quantitative estimate of drug-likeness (QED) is 0.546. The van der Waals surface area contributed by atoms with Gasteiger partial charge in [0.05, 0.1) is 6.04 Å². The predicted molar refractivity (Wildman–Crippen MR) is 106 cm³/mol. The number of thiophene rings is 2. The topological polar surface area (TPSA) is 20.3 Å². The highest BCUT2D eigenvalue weighted by Crippen LogP contribution is 2.27. The number of unbranched alkanes of at least 4 members (excludes halogenated alkanes) is 1. The van der Waals surface area contributed by atoms with Gasteiger partial charge in [0, 0.05) is 28.3 Å². The Morgan fingerprint density at radius 3 is 2.00 bits per heavy atom. The lowest BCUT2D eigenvalue weighted by Crippen LogP contribution is -2.45. The van der Waals surface area contributed by atoms with Crippen LogP contribution in [0.5, 0.6) is 0 Å². The lowest BCUT2D eigenvalue weighted by molar-refractivity contribution is -0.132. The summed E-state index contributed by atoms with van der Waals surface area (Å²) in [6.45, 7) is 10.0. The summed E-state index contributed by atoms with van der Waals surface area (Å²) in [4.78, 5) is 18.2. The molecule has 0 bridgehead atoms. The number of hydrogen-bond donors (Lipinski definition) is 0. The second-order valence-electron chi connectivity index (χ2n) is 7.34. The SMILES string of the molecule is CCCCC(C(=O)C(C)(C)C)N(Cc1cccs1)Cc1cccs1. The molecular weight excluding hydrogens is 334 g/mol. The molecule has 2 aromatic rings. The van der Waals surface area contributed by atoms with Crippen LogP contribution < -0.4 is 0 Å². The van der Waals surface area contributed by atoms with Gasteiger partial charge in [0.15, 0.2) is 5.78 Å². The van der Waals surface area contributed by atoms with Crippen LogP contribution in [-0.2, 0) is 17.9 Å². The fraction of sp³-hybridized carbons (Fsp3) is 0.550. The van der Waals surface area contributed by atoms with Crippen molar-refractivity contribution in [2.75, 3.05) is 0 Å². The molecule has 2 aromatic heterocycles. The van der Waals surface area contributed by atoms with E-state index in [1.165, 1.54) is 9.75 Å². The maximum atomic E-state index is 13.1. The van der Waals surface area contributed by atoms with Crippen LogP contribution in [0.15, 0.2) is 35.0 Å². The van der Waals surface area contributed by atoms with Crippen LogP contribution in [-0.4, -0.2) is 16.7 Å². The fourth-order valence-corrected chi connectivity index (χ4v) is 4.32. The largest absolute Gasteiger partial charge is 0.297 e. The van der Waals surface area contributed by atoms with Crippen molar-refractivity contribution in [3.8, 4) is 0 Å². The Hall–Kier alpha value is -0.970.